The Morgan fingerprint density at radius 3 is 2.65 bits per heavy atom. The van der Waals surface area contributed by atoms with Crippen LogP contribution in [0.1, 0.15) is 32.1 Å². The largest absolute Gasteiger partial charge is 0.379 e. The first-order valence-electron chi connectivity index (χ1n) is 10.3. The molecule has 3 heterocycles. The molecule has 0 bridgehead atoms. The van der Waals surface area contributed by atoms with Crippen molar-refractivity contribution in [1.82, 2.24) is 15.5 Å². The summed E-state index contributed by atoms with van der Waals surface area (Å²) in [5, 5.41) is 7.28. The highest BCUT2D eigenvalue weighted by atomic mass is 32.2. The maximum absolute atomic E-state index is 12.3. The van der Waals surface area contributed by atoms with E-state index < -0.39 is 0 Å². The molecular formula is C19H34N4O2S. The Bertz CT molecular complexity index is 494. The van der Waals surface area contributed by atoms with Gasteiger partial charge in [-0.15, -0.1) is 0 Å². The molecule has 4 fully saturated rings. The molecule has 1 amide bonds. The molecule has 5 atom stereocenters. The van der Waals surface area contributed by atoms with Crippen molar-refractivity contribution in [3.8, 4) is 0 Å². The van der Waals surface area contributed by atoms with Gasteiger partial charge in [0.25, 0.3) is 0 Å². The van der Waals surface area contributed by atoms with Crippen LogP contribution in [0.3, 0.4) is 0 Å². The molecule has 3 aliphatic heterocycles. The van der Waals surface area contributed by atoms with Gasteiger partial charge < -0.3 is 21.1 Å². The highest BCUT2D eigenvalue weighted by Crippen LogP contribution is 2.50. The lowest BCUT2D eigenvalue weighted by atomic mass is 9.78. The van der Waals surface area contributed by atoms with Gasteiger partial charge >= 0.3 is 0 Å². The second kappa shape index (κ2) is 8.35. The number of hydrogen-bond acceptors (Lipinski definition) is 6. The summed E-state index contributed by atoms with van der Waals surface area (Å²) < 4.78 is 5.50. The van der Waals surface area contributed by atoms with E-state index in [9.17, 15) is 4.79 Å². The second-order valence-corrected chi connectivity index (χ2v) is 9.83. The number of morpholine rings is 1. The Kier molecular flexibility index (Phi) is 6.10. The number of rotatable bonds is 3. The fourth-order valence-electron chi connectivity index (χ4n) is 5.55. The molecule has 0 aromatic rings. The van der Waals surface area contributed by atoms with Crippen LogP contribution in [0.5, 0.6) is 0 Å². The fourth-order valence-corrected chi connectivity index (χ4v) is 7.67. The molecule has 1 saturated carbocycles. The third kappa shape index (κ3) is 3.78. The normalized spacial score (nSPS) is 44.5. The quantitative estimate of drug-likeness (QED) is 0.664. The molecule has 6 nitrogen and oxygen atoms in total. The van der Waals surface area contributed by atoms with Gasteiger partial charge in [0.2, 0.25) is 5.91 Å². The third-order valence-corrected chi connectivity index (χ3v) is 9.02. The number of nitrogens with one attached hydrogen (secondary N) is 2. The maximum atomic E-state index is 12.3. The van der Waals surface area contributed by atoms with Crippen LogP contribution in [-0.4, -0.2) is 73.4 Å². The zero-order valence-corrected chi connectivity index (χ0v) is 16.7. The van der Waals surface area contributed by atoms with Crippen molar-refractivity contribution in [2.24, 2.45) is 23.5 Å². The minimum Gasteiger partial charge on any atom is -0.379 e. The number of fused-ring (bicyclic) bond motifs is 1. The predicted molar refractivity (Wildman–Crippen MR) is 105 cm³/mol. The smallest absolute Gasteiger partial charge is 0.225 e. The molecule has 7 heteroatoms. The minimum absolute atomic E-state index is 0.0445. The number of nitrogens with zero attached hydrogens (tertiary/aromatic N) is 1. The van der Waals surface area contributed by atoms with E-state index in [1.54, 1.807) is 7.05 Å². The van der Waals surface area contributed by atoms with Gasteiger partial charge in [0.05, 0.1) is 25.3 Å². The van der Waals surface area contributed by atoms with Crippen molar-refractivity contribution in [3.63, 3.8) is 0 Å². The molecule has 0 radical (unpaired) electrons. The number of carbonyl (C=O) groups is 1. The van der Waals surface area contributed by atoms with Crippen molar-refractivity contribution in [3.05, 3.63) is 0 Å². The number of piperidine rings is 1. The van der Waals surface area contributed by atoms with Crippen molar-refractivity contribution in [1.29, 1.82) is 0 Å². The first kappa shape index (κ1) is 19.0. The van der Waals surface area contributed by atoms with Gasteiger partial charge in [0.1, 0.15) is 0 Å². The van der Waals surface area contributed by atoms with Gasteiger partial charge in [-0.1, -0.05) is 0 Å². The summed E-state index contributed by atoms with van der Waals surface area (Å²) in [6.07, 6.45) is 6.51. The Morgan fingerprint density at radius 2 is 1.96 bits per heavy atom. The van der Waals surface area contributed by atoms with Gasteiger partial charge in [-0.3, -0.25) is 9.69 Å². The van der Waals surface area contributed by atoms with Gasteiger partial charge in [-0.25, -0.2) is 0 Å². The Morgan fingerprint density at radius 1 is 1.23 bits per heavy atom. The molecule has 4 N–H and O–H groups in total. The SMILES string of the molecule is CNC(=O)C1CNC(N)C2CC(C3CCC(N4CCOCC4)CC3)SC12. The highest BCUT2D eigenvalue weighted by molar-refractivity contribution is 8.00. The fraction of sp³-hybridized carbons (Fsp3) is 0.947. The number of carbonyl (C=O) groups excluding carboxylic acids is 1. The summed E-state index contributed by atoms with van der Waals surface area (Å²) >= 11 is 2.08. The van der Waals surface area contributed by atoms with Gasteiger partial charge in [-0.2, -0.15) is 11.8 Å². The van der Waals surface area contributed by atoms with Gasteiger partial charge in [-0.05, 0) is 38.0 Å². The molecular weight excluding hydrogens is 348 g/mol. The molecule has 0 aromatic heterocycles. The zero-order valence-electron chi connectivity index (χ0n) is 15.9. The summed E-state index contributed by atoms with van der Waals surface area (Å²) in [5.41, 5.74) is 6.36. The standard InChI is InChI=1S/C19H34N4O2S/c1-21-19(24)15-11-22-18(20)14-10-16(26-17(14)15)12-2-4-13(5-3-12)23-6-8-25-9-7-23/h12-18,22H,2-11,20H2,1H3,(H,21,24). The summed E-state index contributed by atoms with van der Waals surface area (Å²) in [6, 6.07) is 0.756. The first-order chi connectivity index (χ1) is 12.7. The summed E-state index contributed by atoms with van der Waals surface area (Å²) in [6.45, 7) is 4.71. The number of ether oxygens (including phenoxy) is 1. The van der Waals surface area contributed by atoms with E-state index in [-0.39, 0.29) is 18.0 Å². The molecule has 4 aliphatic rings. The lowest BCUT2D eigenvalue weighted by Crippen LogP contribution is -2.58. The van der Waals surface area contributed by atoms with Crippen LogP contribution in [0, 0.1) is 17.8 Å². The third-order valence-electron chi connectivity index (χ3n) is 7.10. The first-order valence-corrected chi connectivity index (χ1v) is 11.3. The lowest BCUT2D eigenvalue weighted by molar-refractivity contribution is -0.125. The van der Waals surface area contributed by atoms with E-state index in [0.29, 0.717) is 23.0 Å². The van der Waals surface area contributed by atoms with E-state index >= 15 is 0 Å². The van der Waals surface area contributed by atoms with Gasteiger partial charge in [0, 0.05) is 49.1 Å². The molecule has 4 rings (SSSR count). The molecule has 3 saturated heterocycles. The van der Waals surface area contributed by atoms with Crippen LogP contribution in [0.25, 0.3) is 0 Å². The topological polar surface area (TPSA) is 79.6 Å². The van der Waals surface area contributed by atoms with E-state index in [1.165, 1.54) is 32.1 Å². The number of nitrogens with two attached hydrogens (primary N) is 1. The van der Waals surface area contributed by atoms with Crippen molar-refractivity contribution < 1.29 is 9.53 Å². The number of thioether (sulfide) groups is 1. The summed E-state index contributed by atoms with van der Waals surface area (Å²) in [4.78, 5) is 14.9. The molecule has 0 aromatic carbocycles. The van der Waals surface area contributed by atoms with Crippen LogP contribution in [-0.2, 0) is 9.53 Å². The van der Waals surface area contributed by atoms with Crippen LogP contribution in [0.2, 0.25) is 0 Å². The van der Waals surface area contributed by atoms with Gasteiger partial charge in [0.15, 0.2) is 0 Å². The van der Waals surface area contributed by atoms with Crippen molar-refractivity contribution in [2.75, 3.05) is 39.9 Å². The predicted octanol–water partition coefficient (Wildman–Crippen LogP) is 0.618. The monoisotopic (exact) mass is 382 g/mol. The molecule has 5 unspecified atom stereocenters. The summed E-state index contributed by atoms with van der Waals surface area (Å²) in [7, 11) is 1.75. The van der Waals surface area contributed by atoms with Crippen LogP contribution >= 0.6 is 11.8 Å². The highest BCUT2D eigenvalue weighted by Gasteiger charge is 2.49. The van der Waals surface area contributed by atoms with E-state index in [4.69, 9.17) is 10.5 Å². The maximum Gasteiger partial charge on any atom is 0.225 e. The zero-order chi connectivity index (χ0) is 18.1. The Labute approximate surface area is 161 Å². The Hall–Kier alpha value is -0.340. The van der Waals surface area contributed by atoms with E-state index in [2.05, 4.69) is 27.3 Å². The molecule has 1 aliphatic carbocycles. The second-order valence-electron chi connectivity index (χ2n) is 8.41. The van der Waals surface area contributed by atoms with E-state index in [1.807, 2.05) is 0 Å². The van der Waals surface area contributed by atoms with Crippen molar-refractivity contribution in [2.45, 2.75) is 54.8 Å². The van der Waals surface area contributed by atoms with E-state index in [0.717, 1.165) is 38.3 Å². The Balaban J connectivity index is 1.34. The average molecular weight is 383 g/mol. The average Bonchev–Trinajstić information content (AvgIpc) is 3.15. The molecule has 148 valence electrons. The van der Waals surface area contributed by atoms with Crippen LogP contribution in [0.4, 0.5) is 0 Å². The lowest BCUT2D eigenvalue weighted by Gasteiger charge is -2.40. The minimum atomic E-state index is 0.0445. The number of hydrogen-bond donors (Lipinski definition) is 3. The van der Waals surface area contributed by atoms with Crippen molar-refractivity contribution >= 4 is 17.7 Å². The number of amides is 1. The molecule has 0 spiro atoms. The van der Waals surface area contributed by atoms with Crippen LogP contribution < -0.4 is 16.4 Å². The summed E-state index contributed by atoms with van der Waals surface area (Å²) in [5.74, 6) is 1.45. The van der Waals surface area contributed by atoms with Crippen LogP contribution in [0.15, 0.2) is 0 Å². The molecule has 26 heavy (non-hydrogen) atoms.